The molecule has 0 aromatic carbocycles. The summed E-state index contributed by atoms with van der Waals surface area (Å²) in [5.41, 5.74) is 0.281. The number of aryl methyl sites for hydroxylation is 2. The number of nitrogens with one attached hydrogen (secondary N) is 1. The quantitative estimate of drug-likeness (QED) is 0.762. The molecule has 2 heterocycles. The van der Waals surface area contributed by atoms with E-state index in [1.807, 2.05) is 6.92 Å². The number of carbonyl (C=O) groups excluding carboxylic acids is 1. The number of carboxylic acid groups (broad SMARTS) is 1. The zero-order valence-electron chi connectivity index (χ0n) is 14.3. The Morgan fingerprint density at radius 3 is 2.88 bits per heavy atom. The molecule has 0 bridgehead atoms. The van der Waals surface area contributed by atoms with Crippen LogP contribution in [0.2, 0.25) is 0 Å². The van der Waals surface area contributed by atoms with Crippen molar-refractivity contribution in [3.8, 4) is 0 Å². The smallest absolute Gasteiger partial charge is 0.311 e. The number of nitrogens with zero attached hydrogens (tertiary/aromatic N) is 2. The van der Waals surface area contributed by atoms with Gasteiger partial charge in [-0.3, -0.25) is 19.0 Å². The number of amides is 1. The van der Waals surface area contributed by atoms with E-state index in [1.165, 1.54) is 15.9 Å². The van der Waals surface area contributed by atoms with Gasteiger partial charge in [0.1, 0.15) is 17.2 Å². The lowest BCUT2D eigenvalue weighted by Gasteiger charge is -2.11. The van der Waals surface area contributed by atoms with E-state index in [4.69, 9.17) is 0 Å². The third-order valence-electron chi connectivity index (χ3n) is 4.58. The number of aliphatic carboxylic acids is 1. The minimum atomic E-state index is -0.915. The Balaban J connectivity index is 2.01. The van der Waals surface area contributed by atoms with Gasteiger partial charge in [-0.2, -0.15) is 0 Å². The second kappa shape index (κ2) is 6.95. The third-order valence-corrected chi connectivity index (χ3v) is 5.74. The first-order chi connectivity index (χ1) is 11.9. The molecule has 2 aromatic rings. The van der Waals surface area contributed by atoms with Crippen LogP contribution in [-0.4, -0.2) is 33.1 Å². The Morgan fingerprint density at radius 2 is 2.20 bits per heavy atom. The summed E-state index contributed by atoms with van der Waals surface area (Å²) in [5.74, 6) is -1.34. The van der Waals surface area contributed by atoms with Gasteiger partial charge >= 0.3 is 5.97 Å². The fraction of sp³-hybridized carbons (Fsp3) is 0.529. The summed E-state index contributed by atoms with van der Waals surface area (Å²) in [7, 11) is 0. The van der Waals surface area contributed by atoms with Crippen molar-refractivity contribution in [2.45, 2.75) is 52.0 Å². The molecule has 2 aromatic heterocycles. The van der Waals surface area contributed by atoms with E-state index in [2.05, 4.69) is 10.3 Å². The average Bonchev–Trinajstić information content (AvgIpc) is 3.10. The minimum Gasteiger partial charge on any atom is -0.481 e. The van der Waals surface area contributed by atoms with E-state index in [9.17, 15) is 19.5 Å². The zero-order chi connectivity index (χ0) is 18.1. The van der Waals surface area contributed by atoms with E-state index in [0.717, 1.165) is 17.7 Å². The van der Waals surface area contributed by atoms with E-state index in [1.54, 1.807) is 6.92 Å². The lowest BCUT2D eigenvalue weighted by molar-refractivity contribution is -0.138. The van der Waals surface area contributed by atoms with Crippen LogP contribution in [0, 0.1) is 6.92 Å². The molecule has 0 saturated heterocycles. The number of hydrogen-bond acceptors (Lipinski definition) is 5. The van der Waals surface area contributed by atoms with E-state index in [0.29, 0.717) is 41.0 Å². The fourth-order valence-corrected chi connectivity index (χ4v) is 4.55. The largest absolute Gasteiger partial charge is 0.481 e. The van der Waals surface area contributed by atoms with E-state index in [-0.39, 0.29) is 18.0 Å². The van der Waals surface area contributed by atoms with Crippen LogP contribution in [0.15, 0.2) is 4.79 Å². The molecule has 7 nitrogen and oxygen atoms in total. The predicted molar refractivity (Wildman–Crippen MR) is 95.2 cm³/mol. The molecule has 1 amide bonds. The molecule has 0 saturated carbocycles. The van der Waals surface area contributed by atoms with Gasteiger partial charge in [0, 0.05) is 11.4 Å². The average molecular weight is 363 g/mol. The van der Waals surface area contributed by atoms with Gasteiger partial charge in [0.15, 0.2) is 0 Å². The molecule has 2 N–H and O–H groups in total. The molecule has 1 aliphatic rings. The summed E-state index contributed by atoms with van der Waals surface area (Å²) in [6.45, 7) is 4.21. The molecule has 3 rings (SSSR count). The molecule has 0 aliphatic heterocycles. The summed E-state index contributed by atoms with van der Waals surface area (Å²) >= 11 is 1.39. The molecule has 0 spiro atoms. The number of hydrogen-bond donors (Lipinski definition) is 2. The Bertz CT molecular complexity index is 899. The van der Waals surface area contributed by atoms with Gasteiger partial charge in [0.05, 0.1) is 11.3 Å². The summed E-state index contributed by atoms with van der Waals surface area (Å²) in [6, 6.07) is 0. The van der Waals surface area contributed by atoms with Crippen LogP contribution in [0.3, 0.4) is 0 Å². The van der Waals surface area contributed by atoms with Crippen molar-refractivity contribution >= 4 is 33.4 Å². The molecule has 0 fully saturated rings. The number of fused-ring (bicyclic) bond motifs is 3. The standard InChI is InChI=1S/C17H21N3O4S/c1-3-4-7-18-12(21)8-20-9(2)19-15-14(16(20)22)13-10(17(23)24)5-6-11(13)25-15/h10H,3-8H2,1-2H3,(H,18,21)(H,23,24). The van der Waals surface area contributed by atoms with Crippen molar-refractivity contribution in [2.75, 3.05) is 6.54 Å². The molecular formula is C17H21N3O4S. The van der Waals surface area contributed by atoms with Gasteiger partial charge in [0.25, 0.3) is 5.56 Å². The fourth-order valence-electron chi connectivity index (χ4n) is 3.26. The second-order valence-corrected chi connectivity index (χ2v) is 7.39. The lowest BCUT2D eigenvalue weighted by atomic mass is 10.0. The van der Waals surface area contributed by atoms with Gasteiger partial charge in [-0.1, -0.05) is 13.3 Å². The molecule has 1 atom stereocenters. The molecule has 8 heteroatoms. The maximum Gasteiger partial charge on any atom is 0.311 e. The molecule has 134 valence electrons. The van der Waals surface area contributed by atoms with Gasteiger partial charge in [-0.15, -0.1) is 11.3 Å². The summed E-state index contributed by atoms with van der Waals surface area (Å²) in [5, 5.41) is 12.6. The first-order valence-electron chi connectivity index (χ1n) is 8.46. The SMILES string of the molecule is CCCCNC(=O)Cn1c(C)nc2sc3c(c2c1=O)C(C(=O)O)CC3. The topological polar surface area (TPSA) is 101 Å². The molecule has 25 heavy (non-hydrogen) atoms. The van der Waals surface area contributed by atoms with Crippen LogP contribution < -0.4 is 10.9 Å². The minimum absolute atomic E-state index is 0.0975. The van der Waals surface area contributed by atoms with Crippen LogP contribution in [0.25, 0.3) is 10.2 Å². The zero-order valence-corrected chi connectivity index (χ0v) is 15.1. The number of thiophene rings is 1. The number of carbonyl (C=O) groups is 2. The highest BCUT2D eigenvalue weighted by atomic mass is 32.1. The van der Waals surface area contributed by atoms with Crippen molar-refractivity contribution in [3.63, 3.8) is 0 Å². The highest BCUT2D eigenvalue weighted by Crippen LogP contribution is 2.42. The van der Waals surface area contributed by atoms with E-state index < -0.39 is 11.9 Å². The lowest BCUT2D eigenvalue weighted by Crippen LogP contribution is -2.34. The molecule has 0 radical (unpaired) electrons. The van der Waals surface area contributed by atoms with Crippen LogP contribution in [0.1, 0.15) is 48.4 Å². The number of aromatic nitrogens is 2. The van der Waals surface area contributed by atoms with Crippen LogP contribution >= 0.6 is 11.3 Å². The normalized spacial score (nSPS) is 16.2. The van der Waals surface area contributed by atoms with Crippen molar-refractivity contribution < 1.29 is 14.7 Å². The van der Waals surface area contributed by atoms with Crippen molar-refractivity contribution in [2.24, 2.45) is 0 Å². The van der Waals surface area contributed by atoms with Crippen LogP contribution in [-0.2, 0) is 22.6 Å². The Kier molecular flexibility index (Phi) is 4.89. The van der Waals surface area contributed by atoms with Crippen molar-refractivity contribution in [1.29, 1.82) is 0 Å². The Morgan fingerprint density at radius 1 is 1.44 bits per heavy atom. The predicted octanol–water partition coefficient (Wildman–Crippen LogP) is 1.80. The van der Waals surface area contributed by atoms with E-state index >= 15 is 0 Å². The highest BCUT2D eigenvalue weighted by molar-refractivity contribution is 7.18. The first kappa shape index (κ1) is 17.6. The number of unbranched alkanes of at least 4 members (excludes halogenated alkanes) is 1. The van der Waals surface area contributed by atoms with Gasteiger partial charge in [0.2, 0.25) is 5.91 Å². The van der Waals surface area contributed by atoms with Crippen molar-refractivity contribution in [3.05, 3.63) is 26.6 Å². The summed E-state index contributed by atoms with van der Waals surface area (Å²) < 4.78 is 1.34. The van der Waals surface area contributed by atoms with Crippen LogP contribution in [0.5, 0.6) is 0 Å². The molecule has 1 aliphatic carbocycles. The molecule has 1 unspecified atom stereocenters. The van der Waals surface area contributed by atoms with Crippen molar-refractivity contribution in [1.82, 2.24) is 14.9 Å². The number of carboxylic acids is 1. The van der Waals surface area contributed by atoms with Gasteiger partial charge in [-0.25, -0.2) is 4.98 Å². The first-order valence-corrected chi connectivity index (χ1v) is 9.27. The van der Waals surface area contributed by atoms with Crippen LogP contribution in [0.4, 0.5) is 0 Å². The summed E-state index contributed by atoms with van der Waals surface area (Å²) in [6.07, 6.45) is 3.03. The summed E-state index contributed by atoms with van der Waals surface area (Å²) in [4.78, 5) is 42.5. The maximum absolute atomic E-state index is 13.0. The number of rotatable bonds is 6. The monoisotopic (exact) mass is 363 g/mol. The van der Waals surface area contributed by atoms with Gasteiger partial charge < -0.3 is 10.4 Å². The Hall–Kier alpha value is -2.22. The highest BCUT2D eigenvalue weighted by Gasteiger charge is 2.34. The van der Waals surface area contributed by atoms with Gasteiger partial charge in [-0.05, 0) is 31.7 Å². The maximum atomic E-state index is 13.0. The molecular weight excluding hydrogens is 342 g/mol. The third kappa shape index (κ3) is 3.18. The Labute approximate surface area is 148 Å². The second-order valence-electron chi connectivity index (χ2n) is 6.30.